The lowest BCUT2D eigenvalue weighted by Crippen LogP contribution is -2.32. The van der Waals surface area contributed by atoms with Gasteiger partial charge >= 0.3 is 5.97 Å². The maximum Gasteiger partial charge on any atom is 0.339 e. The van der Waals surface area contributed by atoms with Gasteiger partial charge < -0.3 is 14.8 Å². The highest BCUT2D eigenvalue weighted by molar-refractivity contribution is 5.88. The fraction of sp³-hybridized carbons (Fsp3) is 0.600. The molecule has 0 bridgehead atoms. The third kappa shape index (κ3) is 3.85. The topological polar surface area (TPSA) is 79.5 Å². The van der Waals surface area contributed by atoms with Gasteiger partial charge in [-0.25, -0.2) is 4.79 Å². The number of amides is 1. The molecule has 0 aliphatic heterocycles. The summed E-state index contributed by atoms with van der Waals surface area (Å²) in [5, 5.41) is 11.7. The van der Waals surface area contributed by atoms with Crippen LogP contribution in [0.1, 0.15) is 55.5 Å². The zero-order valence-corrected chi connectivity index (χ0v) is 12.5. The number of carboxylic acid groups (broad SMARTS) is 1. The van der Waals surface area contributed by atoms with Crippen molar-refractivity contribution in [2.45, 2.75) is 47.1 Å². The molecule has 1 heterocycles. The van der Waals surface area contributed by atoms with Crippen molar-refractivity contribution in [1.82, 2.24) is 5.32 Å². The molecule has 0 spiro atoms. The van der Waals surface area contributed by atoms with E-state index < -0.39 is 5.97 Å². The summed E-state index contributed by atoms with van der Waals surface area (Å²) in [7, 11) is 0. The van der Waals surface area contributed by atoms with Gasteiger partial charge in [0, 0.05) is 5.92 Å². The first-order chi connectivity index (χ1) is 9.40. The number of furan rings is 1. The van der Waals surface area contributed by atoms with Gasteiger partial charge in [0.2, 0.25) is 5.91 Å². The smallest absolute Gasteiger partial charge is 0.339 e. The van der Waals surface area contributed by atoms with Crippen LogP contribution in [-0.4, -0.2) is 17.0 Å². The van der Waals surface area contributed by atoms with Crippen molar-refractivity contribution < 1.29 is 19.1 Å². The van der Waals surface area contributed by atoms with E-state index in [0.717, 1.165) is 12.8 Å². The Morgan fingerprint density at radius 3 is 2.40 bits per heavy atom. The van der Waals surface area contributed by atoms with Crippen molar-refractivity contribution in [3.8, 4) is 0 Å². The number of carbonyl (C=O) groups is 2. The summed E-state index contributed by atoms with van der Waals surface area (Å²) < 4.78 is 5.32. The highest BCUT2D eigenvalue weighted by Crippen LogP contribution is 2.20. The molecular weight excluding hydrogens is 258 g/mol. The Morgan fingerprint density at radius 2 is 1.95 bits per heavy atom. The maximum atomic E-state index is 12.0. The van der Waals surface area contributed by atoms with Crippen LogP contribution in [0.2, 0.25) is 0 Å². The molecule has 1 aromatic heterocycles. The summed E-state index contributed by atoms with van der Waals surface area (Å²) in [5.74, 6) is 0.0848. The number of hydrogen-bond donors (Lipinski definition) is 2. The van der Waals surface area contributed by atoms with E-state index in [0.29, 0.717) is 17.4 Å². The average Bonchev–Trinajstić information content (AvgIpc) is 2.78. The molecule has 112 valence electrons. The van der Waals surface area contributed by atoms with E-state index in [4.69, 9.17) is 9.52 Å². The summed E-state index contributed by atoms with van der Waals surface area (Å²) in [6.45, 7) is 7.89. The molecule has 0 radical (unpaired) electrons. The van der Waals surface area contributed by atoms with Crippen molar-refractivity contribution in [2.24, 2.45) is 11.8 Å². The molecule has 1 rings (SSSR count). The number of carboxylic acids is 1. The van der Waals surface area contributed by atoms with Crippen molar-refractivity contribution >= 4 is 11.9 Å². The van der Waals surface area contributed by atoms with E-state index in [1.165, 1.54) is 6.07 Å². The average molecular weight is 281 g/mol. The SMILES string of the molecule is CCC(CC)C(C)C(=O)NCc1cc(C(=O)O)c(C)o1. The third-order valence-corrected chi connectivity index (χ3v) is 3.81. The summed E-state index contributed by atoms with van der Waals surface area (Å²) in [6.07, 6.45) is 1.93. The highest BCUT2D eigenvalue weighted by Gasteiger charge is 2.21. The van der Waals surface area contributed by atoms with Crippen molar-refractivity contribution in [3.05, 3.63) is 23.2 Å². The minimum Gasteiger partial charge on any atom is -0.478 e. The van der Waals surface area contributed by atoms with Crippen LogP contribution < -0.4 is 5.32 Å². The number of nitrogens with one attached hydrogen (secondary N) is 1. The van der Waals surface area contributed by atoms with Gasteiger partial charge in [-0.3, -0.25) is 4.79 Å². The van der Waals surface area contributed by atoms with E-state index in [1.54, 1.807) is 6.92 Å². The van der Waals surface area contributed by atoms with Crippen LogP contribution in [0.25, 0.3) is 0 Å². The van der Waals surface area contributed by atoms with Gasteiger partial charge in [0.05, 0.1) is 6.54 Å². The summed E-state index contributed by atoms with van der Waals surface area (Å²) in [5.41, 5.74) is 0.141. The molecule has 1 atom stereocenters. The summed E-state index contributed by atoms with van der Waals surface area (Å²) >= 11 is 0. The summed E-state index contributed by atoms with van der Waals surface area (Å²) in [4.78, 5) is 22.9. The molecular formula is C15H23NO4. The Kier molecular flexibility index (Phi) is 5.80. The Morgan fingerprint density at radius 1 is 1.35 bits per heavy atom. The third-order valence-electron chi connectivity index (χ3n) is 3.81. The minimum atomic E-state index is -1.02. The molecule has 0 aliphatic rings. The fourth-order valence-corrected chi connectivity index (χ4v) is 2.39. The molecule has 1 aromatic rings. The molecule has 5 heteroatoms. The minimum absolute atomic E-state index is 0.0235. The lowest BCUT2D eigenvalue weighted by atomic mass is 9.89. The number of aryl methyl sites for hydroxylation is 1. The second-order valence-electron chi connectivity index (χ2n) is 5.07. The normalized spacial score (nSPS) is 12.4. The van der Waals surface area contributed by atoms with Crippen molar-refractivity contribution in [1.29, 1.82) is 0 Å². The van der Waals surface area contributed by atoms with Gasteiger partial charge in [0.15, 0.2) is 0 Å². The molecule has 0 saturated carbocycles. The van der Waals surface area contributed by atoms with Crippen LogP contribution in [-0.2, 0) is 11.3 Å². The second-order valence-corrected chi connectivity index (χ2v) is 5.07. The summed E-state index contributed by atoms with van der Waals surface area (Å²) in [6, 6.07) is 1.46. The van der Waals surface area contributed by atoms with Gasteiger partial charge in [-0.2, -0.15) is 0 Å². The fourth-order valence-electron chi connectivity index (χ4n) is 2.39. The maximum absolute atomic E-state index is 12.0. The van der Waals surface area contributed by atoms with Gasteiger partial charge in [-0.05, 0) is 18.9 Å². The predicted molar refractivity (Wildman–Crippen MR) is 75.5 cm³/mol. The van der Waals surface area contributed by atoms with Crippen LogP contribution in [0.3, 0.4) is 0 Å². The van der Waals surface area contributed by atoms with Crippen LogP contribution in [0, 0.1) is 18.8 Å². The highest BCUT2D eigenvalue weighted by atomic mass is 16.4. The Bertz CT molecular complexity index is 474. The molecule has 1 amide bonds. The van der Waals surface area contributed by atoms with Gasteiger partial charge in [-0.15, -0.1) is 0 Å². The zero-order valence-electron chi connectivity index (χ0n) is 12.5. The van der Waals surface area contributed by atoms with E-state index in [9.17, 15) is 9.59 Å². The second kappa shape index (κ2) is 7.12. The van der Waals surface area contributed by atoms with Gasteiger partial charge in [0.25, 0.3) is 0 Å². The van der Waals surface area contributed by atoms with Crippen LogP contribution in [0.5, 0.6) is 0 Å². The monoisotopic (exact) mass is 281 g/mol. The first-order valence-corrected chi connectivity index (χ1v) is 7.00. The van der Waals surface area contributed by atoms with Crippen LogP contribution in [0.15, 0.2) is 10.5 Å². The number of rotatable bonds is 7. The molecule has 5 nitrogen and oxygen atoms in total. The van der Waals surface area contributed by atoms with E-state index in [-0.39, 0.29) is 23.9 Å². The lowest BCUT2D eigenvalue weighted by molar-refractivity contribution is -0.126. The van der Waals surface area contributed by atoms with Gasteiger partial charge in [0.1, 0.15) is 17.1 Å². The van der Waals surface area contributed by atoms with E-state index in [2.05, 4.69) is 19.2 Å². The quantitative estimate of drug-likeness (QED) is 0.805. The van der Waals surface area contributed by atoms with Crippen LogP contribution in [0.4, 0.5) is 0 Å². The van der Waals surface area contributed by atoms with Crippen molar-refractivity contribution in [3.63, 3.8) is 0 Å². The Balaban J connectivity index is 2.61. The molecule has 1 unspecified atom stereocenters. The lowest BCUT2D eigenvalue weighted by Gasteiger charge is -2.20. The first kappa shape index (κ1) is 16.3. The van der Waals surface area contributed by atoms with Crippen LogP contribution >= 0.6 is 0 Å². The number of carbonyl (C=O) groups excluding carboxylic acids is 1. The number of hydrogen-bond acceptors (Lipinski definition) is 3. The molecule has 0 fully saturated rings. The molecule has 20 heavy (non-hydrogen) atoms. The molecule has 0 saturated heterocycles. The zero-order chi connectivity index (χ0) is 15.3. The molecule has 0 aromatic carbocycles. The molecule has 0 aliphatic carbocycles. The Hall–Kier alpha value is -1.78. The van der Waals surface area contributed by atoms with E-state index in [1.807, 2.05) is 6.92 Å². The Labute approximate surface area is 119 Å². The number of aromatic carboxylic acids is 1. The predicted octanol–water partition coefficient (Wildman–Crippen LogP) is 2.97. The van der Waals surface area contributed by atoms with Crippen molar-refractivity contribution in [2.75, 3.05) is 0 Å². The van der Waals surface area contributed by atoms with E-state index >= 15 is 0 Å². The first-order valence-electron chi connectivity index (χ1n) is 7.00. The molecule has 2 N–H and O–H groups in total. The standard InChI is InChI=1S/C15H23NO4/c1-5-11(6-2)9(3)14(17)16-8-12-7-13(15(18)19)10(4)20-12/h7,9,11H,5-6,8H2,1-4H3,(H,16,17)(H,18,19). The largest absolute Gasteiger partial charge is 0.478 e. The van der Waals surface area contributed by atoms with Gasteiger partial charge in [-0.1, -0.05) is 33.6 Å².